The molecule has 0 aliphatic rings. The molecule has 0 bridgehead atoms. The number of carbonyl (C=O) groups excluding carboxylic acids is 1. The van der Waals surface area contributed by atoms with Gasteiger partial charge in [-0.1, -0.05) is 24.3 Å². The van der Waals surface area contributed by atoms with Crippen LogP contribution in [0.2, 0.25) is 0 Å². The van der Waals surface area contributed by atoms with E-state index in [1.807, 2.05) is 0 Å². The van der Waals surface area contributed by atoms with Crippen LogP contribution in [0.5, 0.6) is 0 Å². The van der Waals surface area contributed by atoms with Crippen LogP contribution in [-0.4, -0.2) is 25.4 Å². The molecular formula is C25H17F4N5O2. The summed E-state index contributed by atoms with van der Waals surface area (Å²) in [5.41, 5.74) is 8.13. The van der Waals surface area contributed by atoms with Gasteiger partial charge in [-0.25, -0.2) is 18.9 Å². The molecule has 0 saturated heterocycles. The molecule has 3 aromatic heterocycles. The Labute approximate surface area is 201 Å². The van der Waals surface area contributed by atoms with Crippen molar-refractivity contribution in [3.8, 4) is 22.5 Å². The molecule has 0 fully saturated rings. The number of aromatic nitrogens is 4. The Morgan fingerprint density at radius 2 is 1.86 bits per heavy atom. The number of hydrogen-bond acceptors (Lipinski definition) is 6. The van der Waals surface area contributed by atoms with Crippen molar-refractivity contribution in [3.05, 3.63) is 90.1 Å². The number of halogens is 4. The van der Waals surface area contributed by atoms with Crippen molar-refractivity contribution >= 4 is 17.1 Å². The van der Waals surface area contributed by atoms with Gasteiger partial charge in [0.1, 0.15) is 23.4 Å². The molecule has 7 nitrogen and oxygen atoms in total. The second-order valence-electron chi connectivity index (χ2n) is 8.12. The van der Waals surface area contributed by atoms with Gasteiger partial charge in [-0.05, 0) is 34.9 Å². The average Bonchev–Trinajstić information content (AvgIpc) is 3.49. The number of fused-ring (bicyclic) bond motifs is 1. The number of nitrogens with zero attached hydrogens (tertiary/aromatic N) is 4. The quantitative estimate of drug-likeness (QED) is 0.327. The summed E-state index contributed by atoms with van der Waals surface area (Å²) in [5.74, 6) is -0.521. The number of carbonyl (C=O) groups is 1. The fraction of sp³-hybridized carbons (Fsp3) is 0.120. The van der Waals surface area contributed by atoms with Gasteiger partial charge in [0.25, 0.3) is 0 Å². The van der Waals surface area contributed by atoms with E-state index in [4.69, 9.17) is 10.2 Å². The molecule has 0 spiro atoms. The van der Waals surface area contributed by atoms with Crippen molar-refractivity contribution in [2.45, 2.75) is 19.0 Å². The average molecular weight is 495 g/mol. The van der Waals surface area contributed by atoms with E-state index in [1.165, 1.54) is 12.7 Å². The van der Waals surface area contributed by atoms with Gasteiger partial charge in [-0.3, -0.25) is 4.79 Å². The first-order valence-electron chi connectivity index (χ1n) is 10.7. The lowest BCUT2D eigenvalue weighted by atomic mass is 9.97. The largest absolute Gasteiger partial charge is 0.443 e. The van der Waals surface area contributed by atoms with Gasteiger partial charge in [-0.15, -0.1) is 0 Å². The Morgan fingerprint density at radius 3 is 2.56 bits per heavy atom. The predicted octanol–water partition coefficient (Wildman–Crippen LogP) is 5.15. The maximum atomic E-state index is 14.0. The fourth-order valence-corrected chi connectivity index (χ4v) is 4.04. The number of nitrogens with two attached hydrogens (primary N) is 1. The maximum Gasteiger partial charge on any atom is 0.416 e. The first kappa shape index (κ1) is 23.2. The number of rotatable bonds is 6. The summed E-state index contributed by atoms with van der Waals surface area (Å²) < 4.78 is 59.9. The summed E-state index contributed by atoms with van der Waals surface area (Å²) in [5, 5.41) is 4.20. The zero-order valence-corrected chi connectivity index (χ0v) is 18.5. The molecule has 2 N–H and O–H groups in total. The van der Waals surface area contributed by atoms with Crippen molar-refractivity contribution in [1.29, 1.82) is 0 Å². The summed E-state index contributed by atoms with van der Waals surface area (Å²) >= 11 is 0. The van der Waals surface area contributed by atoms with Crippen LogP contribution in [-0.2, 0) is 23.8 Å². The number of Topliss-reactive ketones (excluding diaryl/α,β-unsaturated/α-hetero) is 1. The van der Waals surface area contributed by atoms with Gasteiger partial charge in [0.15, 0.2) is 18.0 Å². The third kappa shape index (κ3) is 4.42. The van der Waals surface area contributed by atoms with Gasteiger partial charge in [0.05, 0.1) is 11.8 Å². The summed E-state index contributed by atoms with van der Waals surface area (Å²) in [6, 6.07) is 9.02. The molecule has 0 atom stereocenters. The van der Waals surface area contributed by atoms with Crippen molar-refractivity contribution in [2.75, 3.05) is 5.73 Å². The molecule has 3 heterocycles. The Bertz CT molecular complexity index is 1560. The molecule has 0 unspecified atom stereocenters. The summed E-state index contributed by atoms with van der Waals surface area (Å²) in [6.45, 7) is 0. The summed E-state index contributed by atoms with van der Waals surface area (Å²) in [6.07, 6.45) is 0.782. The van der Waals surface area contributed by atoms with E-state index in [0.29, 0.717) is 40.1 Å². The van der Waals surface area contributed by atoms with E-state index < -0.39 is 29.8 Å². The smallest absolute Gasteiger partial charge is 0.416 e. The Morgan fingerprint density at radius 1 is 1.08 bits per heavy atom. The van der Waals surface area contributed by atoms with E-state index in [9.17, 15) is 22.4 Å². The summed E-state index contributed by atoms with van der Waals surface area (Å²) in [4.78, 5) is 20.6. The van der Waals surface area contributed by atoms with Crippen molar-refractivity contribution in [2.24, 2.45) is 0 Å². The predicted molar refractivity (Wildman–Crippen MR) is 122 cm³/mol. The van der Waals surface area contributed by atoms with Crippen molar-refractivity contribution in [1.82, 2.24) is 19.6 Å². The number of oxazole rings is 1. The molecule has 0 saturated carbocycles. The van der Waals surface area contributed by atoms with Crippen LogP contribution >= 0.6 is 0 Å². The van der Waals surface area contributed by atoms with Crippen LogP contribution in [0.15, 0.2) is 72.0 Å². The van der Waals surface area contributed by atoms with Gasteiger partial charge in [0, 0.05) is 30.2 Å². The SMILES string of the molecule is Nc1ncnn2cc(-c3cnco3)c(-c3ccc(CC(=O)Cc4cc(C(F)(F)F)ccc4F)cc3)c12. The lowest BCUT2D eigenvalue weighted by molar-refractivity contribution is -0.137. The Balaban J connectivity index is 1.41. The third-order valence-corrected chi connectivity index (χ3v) is 5.70. The number of anilines is 1. The molecule has 2 aromatic carbocycles. The minimum Gasteiger partial charge on any atom is -0.443 e. The molecule has 182 valence electrons. The second-order valence-corrected chi connectivity index (χ2v) is 8.12. The van der Waals surface area contributed by atoms with Gasteiger partial charge in [0.2, 0.25) is 0 Å². The van der Waals surface area contributed by atoms with E-state index in [1.54, 1.807) is 41.2 Å². The highest BCUT2D eigenvalue weighted by molar-refractivity contribution is 5.97. The minimum atomic E-state index is -4.62. The second kappa shape index (κ2) is 8.91. The van der Waals surface area contributed by atoms with Crippen LogP contribution in [0.4, 0.5) is 23.4 Å². The topological polar surface area (TPSA) is 99.3 Å². The van der Waals surface area contributed by atoms with Gasteiger partial charge in [-0.2, -0.15) is 18.3 Å². The molecule has 0 amide bonds. The van der Waals surface area contributed by atoms with Crippen LogP contribution in [0.25, 0.3) is 28.0 Å². The number of nitrogen functional groups attached to an aromatic ring is 1. The third-order valence-electron chi connectivity index (χ3n) is 5.70. The van der Waals surface area contributed by atoms with Crippen LogP contribution in [0.1, 0.15) is 16.7 Å². The van der Waals surface area contributed by atoms with E-state index in [2.05, 4.69) is 15.1 Å². The van der Waals surface area contributed by atoms with Crippen LogP contribution in [0, 0.1) is 5.82 Å². The molecular weight excluding hydrogens is 478 g/mol. The summed E-state index contributed by atoms with van der Waals surface area (Å²) in [7, 11) is 0. The van der Waals surface area contributed by atoms with Gasteiger partial charge < -0.3 is 10.2 Å². The molecule has 0 aliphatic heterocycles. The monoisotopic (exact) mass is 495 g/mol. The molecule has 0 radical (unpaired) electrons. The Kier molecular flexibility index (Phi) is 5.75. The van der Waals surface area contributed by atoms with E-state index in [0.717, 1.165) is 11.6 Å². The zero-order chi connectivity index (χ0) is 25.4. The Hall–Kier alpha value is -4.54. The first-order valence-corrected chi connectivity index (χ1v) is 10.7. The molecule has 5 rings (SSSR count). The fourth-order valence-electron chi connectivity index (χ4n) is 4.04. The molecule has 0 aliphatic carbocycles. The number of benzene rings is 2. The van der Waals surface area contributed by atoms with Crippen LogP contribution in [0.3, 0.4) is 0 Å². The normalized spacial score (nSPS) is 11.8. The zero-order valence-electron chi connectivity index (χ0n) is 18.5. The highest BCUT2D eigenvalue weighted by atomic mass is 19.4. The van der Waals surface area contributed by atoms with Crippen molar-refractivity contribution < 1.29 is 26.8 Å². The van der Waals surface area contributed by atoms with Crippen LogP contribution < -0.4 is 5.73 Å². The number of ketones is 1. The number of alkyl halides is 3. The lowest BCUT2D eigenvalue weighted by Gasteiger charge is -2.10. The molecule has 11 heteroatoms. The standard InChI is InChI=1S/C25H17F4N5O2/c26-20-6-5-17(25(27,28)29)8-16(20)9-18(35)7-14-1-3-15(4-2-14)22-19(21-10-31-13-36-21)11-34-23(22)24(30)32-12-33-34/h1-6,8,10-13H,7,9H2,(H2,30,32,33). The molecule has 5 aromatic rings. The molecule has 36 heavy (non-hydrogen) atoms. The van der Waals surface area contributed by atoms with Gasteiger partial charge >= 0.3 is 6.18 Å². The van der Waals surface area contributed by atoms with E-state index in [-0.39, 0.29) is 17.8 Å². The lowest BCUT2D eigenvalue weighted by Crippen LogP contribution is -2.11. The first-order chi connectivity index (χ1) is 17.2. The maximum absolute atomic E-state index is 14.0. The highest BCUT2D eigenvalue weighted by Crippen LogP contribution is 2.38. The number of hydrogen-bond donors (Lipinski definition) is 1. The van der Waals surface area contributed by atoms with E-state index >= 15 is 0 Å². The van der Waals surface area contributed by atoms with Crippen molar-refractivity contribution in [3.63, 3.8) is 0 Å². The highest BCUT2D eigenvalue weighted by Gasteiger charge is 2.31. The minimum absolute atomic E-state index is 0.0767.